The molecule has 8 rings (SSSR count). The lowest BCUT2D eigenvalue weighted by Crippen LogP contribution is -2.57. The van der Waals surface area contributed by atoms with Gasteiger partial charge in [-0.2, -0.15) is 0 Å². The Kier molecular flexibility index (Phi) is 6.94. The van der Waals surface area contributed by atoms with Crippen molar-refractivity contribution in [3.05, 3.63) is 65.5 Å². The molecule has 4 aliphatic rings. The van der Waals surface area contributed by atoms with Gasteiger partial charge in [-0.1, -0.05) is 24.6 Å². The van der Waals surface area contributed by atoms with Crippen LogP contribution in [-0.2, 0) is 10.2 Å². The highest BCUT2D eigenvalue weighted by molar-refractivity contribution is 6.08. The Labute approximate surface area is 270 Å². The van der Waals surface area contributed by atoms with Crippen molar-refractivity contribution in [3.8, 4) is 22.9 Å². The number of hydrogen-bond donors (Lipinski definition) is 1. The molecule has 0 radical (unpaired) electrons. The van der Waals surface area contributed by atoms with E-state index in [4.69, 9.17) is 14.7 Å². The number of piperidine rings is 1. The number of ether oxygens (including phenoxy) is 1. The van der Waals surface area contributed by atoms with Crippen molar-refractivity contribution >= 4 is 28.5 Å². The van der Waals surface area contributed by atoms with Gasteiger partial charge in [0.15, 0.2) is 0 Å². The third-order valence-electron chi connectivity index (χ3n) is 10.7. The number of rotatable bonds is 7. The highest BCUT2D eigenvalue weighted by Crippen LogP contribution is 2.48. The van der Waals surface area contributed by atoms with Crippen LogP contribution in [0.4, 0.5) is 5.69 Å². The maximum Gasteiger partial charge on any atom is 0.251 e. The van der Waals surface area contributed by atoms with Crippen molar-refractivity contribution < 1.29 is 14.3 Å². The highest BCUT2D eigenvalue weighted by Gasteiger charge is 2.50. The molecule has 46 heavy (non-hydrogen) atoms. The molecule has 9 nitrogen and oxygen atoms in total. The molecule has 2 saturated carbocycles. The van der Waals surface area contributed by atoms with Crippen LogP contribution in [0.1, 0.15) is 86.3 Å². The molecule has 4 aromatic rings. The first kappa shape index (κ1) is 29.2. The van der Waals surface area contributed by atoms with Gasteiger partial charge in [0.1, 0.15) is 11.3 Å². The molecule has 3 fully saturated rings. The number of pyridine rings is 1. The first-order valence-corrected chi connectivity index (χ1v) is 16.8. The Balaban J connectivity index is 1.16. The Morgan fingerprint density at radius 3 is 2.50 bits per heavy atom. The minimum atomic E-state index is -0.577. The minimum Gasteiger partial charge on any atom is -0.437 e. The fraction of sp³-hybridized carbons (Fsp3) is 0.459. The number of benzene rings is 2. The third-order valence-corrected chi connectivity index (χ3v) is 10.7. The molecule has 1 saturated heterocycles. The number of nitrogens with one attached hydrogen (secondary N) is 1. The number of aryl methyl sites for hydroxylation is 1. The summed E-state index contributed by atoms with van der Waals surface area (Å²) in [7, 11) is 1.63. The molecule has 1 N–H and O–H groups in total. The van der Waals surface area contributed by atoms with Gasteiger partial charge >= 0.3 is 0 Å². The smallest absolute Gasteiger partial charge is 0.251 e. The van der Waals surface area contributed by atoms with Crippen molar-refractivity contribution in [2.75, 3.05) is 25.0 Å². The van der Waals surface area contributed by atoms with Crippen LogP contribution in [0.5, 0.6) is 11.6 Å². The summed E-state index contributed by atoms with van der Waals surface area (Å²) in [4.78, 5) is 41.0. The summed E-state index contributed by atoms with van der Waals surface area (Å²) in [6, 6.07) is 15.0. The van der Waals surface area contributed by atoms with Gasteiger partial charge in [0.25, 0.3) is 5.91 Å². The molecule has 0 unspecified atom stereocenters. The quantitative estimate of drug-likeness (QED) is 0.253. The number of likely N-dealkylation sites (tertiary alicyclic amines) is 1. The summed E-state index contributed by atoms with van der Waals surface area (Å²) >= 11 is 0. The number of fused-ring (bicyclic) bond motifs is 2. The summed E-state index contributed by atoms with van der Waals surface area (Å²) in [6.07, 6.45) is 10.0. The Hall–Kier alpha value is -4.24. The molecule has 2 aliphatic heterocycles. The van der Waals surface area contributed by atoms with Gasteiger partial charge in [0.2, 0.25) is 11.8 Å². The Bertz CT molecular complexity index is 1860. The largest absolute Gasteiger partial charge is 0.437 e. The van der Waals surface area contributed by atoms with Gasteiger partial charge in [0.05, 0.1) is 23.0 Å². The summed E-state index contributed by atoms with van der Waals surface area (Å²) in [5, 5.41) is 2.72. The van der Waals surface area contributed by atoms with E-state index >= 15 is 0 Å². The molecule has 0 spiro atoms. The molecule has 0 atom stereocenters. The second-order valence-corrected chi connectivity index (χ2v) is 14.1. The highest BCUT2D eigenvalue weighted by atomic mass is 16.5. The van der Waals surface area contributed by atoms with Crippen LogP contribution in [0, 0.1) is 6.92 Å². The second kappa shape index (κ2) is 10.9. The van der Waals surface area contributed by atoms with E-state index in [1.807, 2.05) is 45.3 Å². The first-order valence-electron chi connectivity index (χ1n) is 16.8. The van der Waals surface area contributed by atoms with E-state index in [9.17, 15) is 9.59 Å². The van der Waals surface area contributed by atoms with Crippen molar-refractivity contribution in [1.82, 2.24) is 24.8 Å². The molecule has 2 aromatic carbocycles. The van der Waals surface area contributed by atoms with Gasteiger partial charge < -0.3 is 24.4 Å². The zero-order chi connectivity index (χ0) is 31.7. The maximum absolute atomic E-state index is 13.9. The molecular formula is C37H42N6O3. The fourth-order valence-electron chi connectivity index (χ4n) is 7.69. The normalized spacial score (nSPS) is 22.5. The molecular weight excluding hydrogens is 576 g/mol. The Morgan fingerprint density at radius 1 is 0.978 bits per heavy atom. The van der Waals surface area contributed by atoms with Gasteiger partial charge in [-0.05, 0) is 108 Å². The standard InChI is InChI=1S/C37H42N6O3/c1-22-8-12-27(19-28(22)34(44)38-4)46-35-33-31(39-21-42(33)24-10-11-24)20-30(40-35)23-9-13-29-32(16-23)43(36(45)37(29,2)3)26-17-25(18-26)41-14-6-5-7-15-41/h8-9,12-13,16,19-21,24-26H,5-7,10-11,14-15,17-18H2,1-4H3,(H,38,44)/t25-,26+. The first-order chi connectivity index (χ1) is 22.2. The molecule has 0 bridgehead atoms. The average molecular weight is 619 g/mol. The van der Waals surface area contributed by atoms with Crippen LogP contribution in [0.15, 0.2) is 48.8 Å². The van der Waals surface area contributed by atoms with Gasteiger partial charge in [-0.15, -0.1) is 0 Å². The second-order valence-electron chi connectivity index (χ2n) is 14.1. The summed E-state index contributed by atoms with van der Waals surface area (Å²) in [6.45, 7) is 8.37. The lowest BCUT2D eigenvalue weighted by molar-refractivity contribution is -0.123. The topological polar surface area (TPSA) is 92.6 Å². The number of aromatic nitrogens is 3. The number of carbonyl (C=O) groups is 2. The van der Waals surface area contributed by atoms with Crippen molar-refractivity contribution in [1.29, 1.82) is 0 Å². The summed E-state index contributed by atoms with van der Waals surface area (Å²) < 4.78 is 8.66. The van der Waals surface area contributed by atoms with Gasteiger partial charge in [-0.25, -0.2) is 9.97 Å². The SMILES string of the molecule is CNC(=O)c1cc(Oc2nc(-c3ccc4c(c3)N([C@H]3C[C@@H](N5CCCCC5)C3)C(=O)C4(C)C)cc3ncn(C4CC4)c23)ccc1C. The average Bonchev–Trinajstić information content (AvgIpc) is 3.76. The van der Waals surface area contributed by atoms with E-state index in [0.717, 1.165) is 64.8 Å². The molecule has 9 heteroatoms. The molecule has 4 heterocycles. The number of nitrogens with zero attached hydrogens (tertiary/aromatic N) is 5. The third kappa shape index (κ3) is 4.78. The van der Waals surface area contributed by atoms with Crippen molar-refractivity contribution in [2.45, 2.75) is 89.3 Å². The number of imidazole rings is 1. The van der Waals surface area contributed by atoms with E-state index in [-0.39, 0.29) is 17.9 Å². The predicted molar refractivity (Wildman–Crippen MR) is 179 cm³/mol. The molecule has 2 aromatic heterocycles. The van der Waals surface area contributed by atoms with Crippen LogP contribution >= 0.6 is 0 Å². The van der Waals surface area contributed by atoms with E-state index in [2.05, 4.69) is 37.9 Å². The summed E-state index contributed by atoms with van der Waals surface area (Å²) in [5.41, 5.74) is 6.24. The van der Waals surface area contributed by atoms with E-state index < -0.39 is 5.41 Å². The predicted octanol–water partition coefficient (Wildman–Crippen LogP) is 6.53. The van der Waals surface area contributed by atoms with Crippen LogP contribution in [0.3, 0.4) is 0 Å². The number of carbonyl (C=O) groups excluding carboxylic acids is 2. The van der Waals surface area contributed by atoms with Crippen LogP contribution in [-0.4, -0.2) is 63.5 Å². The number of amides is 2. The Morgan fingerprint density at radius 2 is 1.76 bits per heavy atom. The zero-order valence-corrected chi connectivity index (χ0v) is 27.2. The van der Waals surface area contributed by atoms with Crippen molar-refractivity contribution in [2.24, 2.45) is 0 Å². The number of anilines is 1. The van der Waals surface area contributed by atoms with Gasteiger partial charge in [0, 0.05) is 42.0 Å². The van der Waals surface area contributed by atoms with E-state index in [1.165, 1.54) is 32.4 Å². The molecule has 2 aliphatic carbocycles. The van der Waals surface area contributed by atoms with E-state index in [0.29, 0.717) is 29.3 Å². The lowest BCUT2D eigenvalue weighted by atomic mass is 9.82. The molecule has 238 valence electrons. The summed E-state index contributed by atoms with van der Waals surface area (Å²) in [5.74, 6) is 1.02. The van der Waals surface area contributed by atoms with Crippen LogP contribution < -0.4 is 15.0 Å². The zero-order valence-electron chi connectivity index (χ0n) is 27.2. The fourth-order valence-corrected chi connectivity index (χ4v) is 7.69. The van der Waals surface area contributed by atoms with Crippen LogP contribution in [0.2, 0.25) is 0 Å². The number of hydrogen-bond acceptors (Lipinski definition) is 6. The monoisotopic (exact) mass is 618 g/mol. The lowest BCUT2D eigenvalue weighted by Gasteiger charge is -2.48. The van der Waals surface area contributed by atoms with Gasteiger partial charge in [-0.3, -0.25) is 9.59 Å². The molecule has 2 amide bonds. The van der Waals surface area contributed by atoms with Crippen LogP contribution in [0.25, 0.3) is 22.3 Å². The minimum absolute atomic E-state index is 0.160. The van der Waals surface area contributed by atoms with E-state index in [1.54, 1.807) is 13.1 Å². The van der Waals surface area contributed by atoms with Crippen molar-refractivity contribution in [3.63, 3.8) is 0 Å². The maximum atomic E-state index is 13.9.